The zero-order valence-electron chi connectivity index (χ0n) is 22.6. The Morgan fingerprint density at radius 2 is 1.29 bits per heavy atom. The summed E-state index contributed by atoms with van der Waals surface area (Å²) in [6.07, 6.45) is 2.26. The zero-order chi connectivity index (χ0) is 24.7. The molecule has 0 bridgehead atoms. The maximum absolute atomic E-state index is 11.0. The summed E-state index contributed by atoms with van der Waals surface area (Å²) in [5.41, 5.74) is 0. The van der Waals surface area contributed by atoms with Crippen LogP contribution in [0.25, 0.3) is 0 Å². The molecule has 2 unspecified atom stereocenters. The first-order valence-electron chi connectivity index (χ1n) is 12.1. The Bertz CT molecular complexity index is 577. The molecule has 0 amide bonds. The molecule has 0 aliphatic heterocycles. The number of aliphatic hydroxyl groups excluding tert-OH is 2. The monoisotopic (exact) mass is 472 g/mol. The van der Waals surface area contributed by atoms with Crippen LogP contribution in [0.3, 0.4) is 0 Å². The Balaban J connectivity index is 6.05. The van der Waals surface area contributed by atoms with E-state index in [0.717, 1.165) is 12.8 Å². The summed E-state index contributed by atoms with van der Waals surface area (Å²) in [6.45, 7) is 25.6. The second kappa shape index (κ2) is 12.3. The van der Waals surface area contributed by atoms with E-state index in [1.807, 2.05) is 0 Å². The average molecular weight is 473 g/mol. The van der Waals surface area contributed by atoms with E-state index in [0.29, 0.717) is 0 Å². The van der Waals surface area contributed by atoms with Crippen molar-refractivity contribution in [3.63, 3.8) is 0 Å². The highest BCUT2D eigenvalue weighted by Gasteiger charge is 2.46. The molecule has 4 nitrogen and oxygen atoms in total. The highest BCUT2D eigenvalue weighted by molar-refractivity contribution is 6.74. The van der Waals surface area contributed by atoms with Crippen molar-refractivity contribution in [1.82, 2.24) is 0 Å². The average Bonchev–Trinajstić information content (AvgIpc) is 2.58. The molecule has 0 radical (unpaired) electrons. The van der Waals surface area contributed by atoms with Gasteiger partial charge in [-0.2, -0.15) is 0 Å². The molecule has 0 aromatic rings. The van der Waals surface area contributed by atoms with Crippen molar-refractivity contribution in [2.75, 3.05) is 0 Å². The molecule has 0 rings (SSSR count). The van der Waals surface area contributed by atoms with Gasteiger partial charge in [-0.1, -0.05) is 73.6 Å². The van der Waals surface area contributed by atoms with Crippen LogP contribution in [0.2, 0.25) is 36.3 Å². The molecule has 31 heavy (non-hydrogen) atoms. The van der Waals surface area contributed by atoms with Gasteiger partial charge in [0.25, 0.3) is 0 Å². The van der Waals surface area contributed by atoms with Crippen molar-refractivity contribution in [2.24, 2.45) is 0 Å². The first-order chi connectivity index (χ1) is 13.9. The fourth-order valence-electron chi connectivity index (χ4n) is 2.59. The van der Waals surface area contributed by atoms with Gasteiger partial charge in [-0.05, 0) is 49.6 Å². The summed E-state index contributed by atoms with van der Waals surface area (Å²) in [5.74, 6) is 6.63. The lowest BCUT2D eigenvalue weighted by atomic mass is 10.0. The lowest BCUT2D eigenvalue weighted by molar-refractivity contribution is -0.0761. The Morgan fingerprint density at radius 3 is 1.71 bits per heavy atom. The molecule has 2 N–H and O–H groups in total. The van der Waals surface area contributed by atoms with E-state index >= 15 is 0 Å². The molecule has 0 spiro atoms. The summed E-state index contributed by atoms with van der Waals surface area (Å²) in [7, 11) is -4.40. The summed E-state index contributed by atoms with van der Waals surface area (Å²) in [6, 6.07) is 0. The fourth-order valence-corrected chi connectivity index (χ4v) is 5.07. The van der Waals surface area contributed by atoms with Gasteiger partial charge in [-0.3, -0.25) is 0 Å². The van der Waals surface area contributed by atoms with E-state index in [1.165, 1.54) is 19.3 Å². The van der Waals surface area contributed by atoms with Crippen molar-refractivity contribution >= 4 is 16.6 Å². The third kappa shape index (κ3) is 10.1. The molecule has 0 saturated heterocycles. The number of aliphatic hydroxyl groups is 2. The minimum Gasteiger partial charge on any atom is -0.408 e. The molecule has 0 aromatic heterocycles. The van der Waals surface area contributed by atoms with Gasteiger partial charge in [0.2, 0.25) is 0 Å². The Labute approximate surface area is 195 Å². The first kappa shape index (κ1) is 30.8. The van der Waals surface area contributed by atoms with Crippen LogP contribution in [-0.2, 0) is 8.85 Å². The van der Waals surface area contributed by atoms with Gasteiger partial charge in [0, 0.05) is 6.42 Å². The van der Waals surface area contributed by atoms with E-state index in [-0.39, 0.29) is 10.1 Å². The summed E-state index contributed by atoms with van der Waals surface area (Å²) in [5, 5.41) is 21.2. The van der Waals surface area contributed by atoms with Gasteiger partial charge in [-0.15, -0.1) is 5.92 Å². The highest BCUT2D eigenvalue weighted by Crippen LogP contribution is 2.41. The smallest absolute Gasteiger partial charge is 0.193 e. The maximum atomic E-state index is 11.0. The van der Waals surface area contributed by atoms with Crippen LogP contribution >= 0.6 is 0 Å². The van der Waals surface area contributed by atoms with Gasteiger partial charge in [0.1, 0.15) is 18.3 Å². The standard InChI is InChI=1S/C25H52O4Si2/c1-13-14-15-16-17-18-19-21(28-30(9,10)24(3,4)5)23(22(27)20(2)26)29-31(11,12)25(6,7)8/h20-23,26-27H,13-17H2,1-12H3/t20?,21-,22?,23+/m0/s1. The number of unbranched alkanes of at least 4 members (excludes halogenated alkanes) is 4. The van der Waals surface area contributed by atoms with E-state index in [2.05, 4.69) is 86.5 Å². The Morgan fingerprint density at radius 1 is 0.806 bits per heavy atom. The number of rotatable bonds is 11. The molecule has 4 atom stereocenters. The molecular formula is C25H52O4Si2. The van der Waals surface area contributed by atoms with Crippen LogP contribution in [0.1, 0.15) is 87.5 Å². The normalized spacial score (nSPS) is 17.5. The highest BCUT2D eigenvalue weighted by atomic mass is 28.4. The molecule has 0 saturated carbocycles. The minimum absolute atomic E-state index is 0.00532. The Hall–Kier alpha value is -0.166. The third-order valence-electron chi connectivity index (χ3n) is 6.99. The van der Waals surface area contributed by atoms with Gasteiger partial charge < -0.3 is 19.1 Å². The second-order valence-electron chi connectivity index (χ2n) is 12.0. The third-order valence-corrected chi connectivity index (χ3v) is 15.9. The first-order valence-corrected chi connectivity index (χ1v) is 17.9. The van der Waals surface area contributed by atoms with Crippen molar-refractivity contribution in [3.05, 3.63) is 0 Å². The number of hydrogen-bond donors (Lipinski definition) is 2. The quantitative estimate of drug-likeness (QED) is 0.205. The summed E-state index contributed by atoms with van der Waals surface area (Å²) in [4.78, 5) is 0. The van der Waals surface area contributed by atoms with E-state index in [1.54, 1.807) is 6.92 Å². The molecule has 0 aromatic carbocycles. The topological polar surface area (TPSA) is 58.9 Å². The molecule has 0 heterocycles. The molecular weight excluding hydrogens is 420 g/mol. The van der Waals surface area contributed by atoms with Gasteiger partial charge in [0.15, 0.2) is 16.6 Å². The SMILES string of the molecule is CCCCCCC#C[C@H](O[Si](C)(C)C(C)(C)C)[C@@H](O[Si](C)(C)C(C)(C)C)C(O)C(C)O. The summed E-state index contributed by atoms with van der Waals surface area (Å²) >= 11 is 0. The molecule has 0 aliphatic carbocycles. The Kier molecular flexibility index (Phi) is 12.3. The van der Waals surface area contributed by atoms with Crippen molar-refractivity contribution < 1.29 is 19.1 Å². The van der Waals surface area contributed by atoms with Crippen LogP contribution in [-0.4, -0.2) is 51.3 Å². The van der Waals surface area contributed by atoms with Crippen LogP contribution in [0, 0.1) is 11.8 Å². The second-order valence-corrected chi connectivity index (χ2v) is 21.5. The van der Waals surface area contributed by atoms with Gasteiger partial charge in [-0.25, -0.2) is 0 Å². The lowest BCUT2D eigenvalue weighted by Crippen LogP contribution is -2.56. The fraction of sp³-hybridized carbons (Fsp3) is 0.920. The predicted molar refractivity (Wildman–Crippen MR) is 138 cm³/mol. The predicted octanol–water partition coefficient (Wildman–Crippen LogP) is 6.48. The minimum atomic E-state index is -2.23. The summed E-state index contributed by atoms with van der Waals surface area (Å²) < 4.78 is 13.4. The van der Waals surface area contributed by atoms with Gasteiger partial charge in [0.05, 0.1) is 6.10 Å². The van der Waals surface area contributed by atoms with E-state index in [9.17, 15) is 10.2 Å². The lowest BCUT2D eigenvalue weighted by Gasteiger charge is -2.45. The van der Waals surface area contributed by atoms with Crippen LogP contribution in [0.15, 0.2) is 0 Å². The van der Waals surface area contributed by atoms with E-state index < -0.39 is 41.1 Å². The van der Waals surface area contributed by atoms with E-state index in [4.69, 9.17) is 8.85 Å². The zero-order valence-corrected chi connectivity index (χ0v) is 24.6. The molecule has 184 valence electrons. The van der Waals surface area contributed by atoms with Crippen molar-refractivity contribution in [2.45, 2.75) is 148 Å². The van der Waals surface area contributed by atoms with Crippen LogP contribution < -0.4 is 0 Å². The maximum Gasteiger partial charge on any atom is 0.193 e. The largest absolute Gasteiger partial charge is 0.408 e. The van der Waals surface area contributed by atoms with Crippen LogP contribution in [0.5, 0.6) is 0 Å². The number of hydrogen-bond acceptors (Lipinski definition) is 4. The van der Waals surface area contributed by atoms with Crippen molar-refractivity contribution in [1.29, 1.82) is 0 Å². The van der Waals surface area contributed by atoms with Crippen LogP contribution in [0.4, 0.5) is 0 Å². The molecule has 0 fully saturated rings. The van der Waals surface area contributed by atoms with Crippen molar-refractivity contribution in [3.8, 4) is 11.8 Å². The molecule has 0 aliphatic rings. The molecule has 6 heteroatoms. The van der Waals surface area contributed by atoms with Gasteiger partial charge >= 0.3 is 0 Å².